The third kappa shape index (κ3) is 4.25. The van der Waals surface area contributed by atoms with E-state index < -0.39 is 10.0 Å². The van der Waals surface area contributed by atoms with Gasteiger partial charge in [0.05, 0.1) is 5.69 Å². The Labute approximate surface area is 93.8 Å². The Balaban J connectivity index is 2.77. The molecule has 0 saturated carbocycles. The summed E-state index contributed by atoms with van der Waals surface area (Å²) in [5, 5.41) is 8.68. The fourth-order valence-electron chi connectivity index (χ4n) is 1.12. The van der Waals surface area contributed by atoms with E-state index in [1.165, 1.54) is 11.3 Å². The van der Waals surface area contributed by atoms with Crippen LogP contribution in [0.25, 0.3) is 0 Å². The minimum Gasteiger partial charge on any atom is -0.312 e. The van der Waals surface area contributed by atoms with Gasteiger partial charge in [0.15, 0.2) is 0 Å². The van der Waals surface area contributed by atoms with Crippen molar-refractivity contribution in [2.75, 3.05) is 6.54 Å². The number of hydrogen-bond acceptors (Lipinski definition) is 5. The first-order valence-corrected chi connectivity index (χ1v) is 7.12. The van der Waals surface area contributed by atoms with Gasteiger partial charge in [-0.2, -0.15) is 0 Å². The van der Waals surface area contributed by atoms with Crippen LogP contribution in [0.1, 0.15) is 22.5 Å². The number of rotatable bonds is 5. The van der Waals surface area contributed by atoms with Crippen LogP contribution in [0.2, 0.25) is 0 Å². The molecule has 5 nitrogen and oxygen atoms in total. The van der Waals surface area contributed by atoms with Gasteiger partial charge in [-0.15, -0.1) is 11.3 Å². The van der Waals surface area contributed by atoms with Crippen molar-refractivity contribution in [2.45, 2.75) is 26.1 Å². The van der Waals surface area contributed by atoms with E-state index in [-0.39, 0.29) is 5.75 Å². The van der Waals surface area contributed by atoms with Gasteiger partial charge < -0.3 is 5.32 Å². The van der Waals surface area contributed by atoms with Crippen molar-refractivity contribution < 1.29 is 8.42 Å². The summed E-state index contributed by atoms with van der Waals surface area (Å²) >= 11 is 1.39. The van der Waals surface area contributed by atoms with Gasteiger partial charge in [-0.3, -0.25) is 0 Å². The number of hydrogen-bond donors (Lipinski definition) is 2. The van der Waals surface area contributed by atoms with Crippen LogP contribution >= 0.6 is 11.3 Å². The summed E-state index contributed by atoms with van der Waals surface area (Å²) in [7, 11) is -3.47. The van der Waals surface area contributed by atoms with Crippen LogP contribution in [0.3, 0.4) is 0 Å². The average Bonchev–Trinajstić information content (AvgIpc) is 2.39. The summed E-state index contributed by atoms with van der Waals surface area (Å²) < 4.78 is 21.7. The molecule has 0 saturated heterocycles. The Kier molecular flexibility index (Phi) is 4.21. The van der Waals surface area contributed by atoms with Crippen molar-refractivity contribution in [3.05, 3.63) is 15.6 Å². The first kappa shape index (κ1) is 12.6. The zero-order chi connectivity index (χ0) is 11.5. The predicted molar refractivity (Wildman–Crippen MR) is 61.0 cm³/mol. The van der Waals surface area contributed by atoms with Gasteiger partial charge in [0.1, 0.15) is 10.8 Å². The Morgan fingerprint density at radius 3 is 2.73 bits per heavy atom. The maximum atomic E-state index is 10.9. The zero-order valence-electron chi connectivity index (χ0n) is 8.78. The van der Waals surface area contributed by atoms with Crippen LogP contribution < -0.4 is 10.5 Å². The van der Waals surface area contributed by atoms with Gasteiger partial charge >= 0.3 is 0 Å². The largest absolute Gasteiger partial charge is 0.312 e. The van der Waals surface area contributed by atoms with Crippen LogP contribution in [-0.4, -0.2) is 19.9 Å². The molecule has 1 aromatic rings. The number of thiazole rings is 1. The zero-order valence-corrected chi connectivity index (χ0v) is 10.4. The van der Waals surface area contributed by atoms with Crippen LogP contribution in [0.4, 0.5) is 0 Å². The maximum Gasteiger partial charge on any atom is 0.215 e. The van der Waals surface area contributed by atoms with Crippen molar-refractivity contribution in [2.24, 2.45) is 5.14 Å². The number of nitrogens with zero attached hydrogens (tertiary/aromatic N) is 1. The lowest BCUT2D eigenvalue weighted by Gasteiger charge is -1.97. The lowest BCUT2D eigenvalue weighted by molar-refractivity contribution is 0.597. The molecular formula is C8H15N3O2S2. The molecule has 0 radical (unpaired) electrons. The molecule has 15 heavy (non-hydrogen) atoms. The second kappa shape index (κ2) is 5.02. The molecule has 0 unspecified atom stereocenters. The summed E-state index contributed by atoms with van der Waals surface area (Å²) in [4.78, 5) is 5.23. The number of nitrogens with two attached hydrogens (primary N) is 1. The van der Waals surface area contributed by atoms with E-state index in [0.29, 0.717) is 5.01 Å². The second-order valence-corrected chi connectivity index (χ2v) is 5.99. The Bertz CT molecular complexity index is 425. The monoisotopic (exact) mass is 249 g/mol. The standard InChI is InChI=1S/C8H15N3O2S2/c1-3-10-4-7-6(2)11-8(14-7)5-15(9,12)13/h10H,3-5H2,1-2H3,(H2,9,12,13). The lowest BCUT2D eigenvalue weighted by atomic mass is 10.4. The minimum absolute atomic E-state index is 0.176. The SMILES string of the molecule is CCNCc1sc(CS(N)(=O)=O)nc1C. The van der Waals surface area contributed by atoms with Gasteiger partial charge in [-0.1, -0.05) is 6.92 Å². The molecule has 0 aliphatic rings. The van der Waals surface area contributed by atoms with Gasteiger partial charge in [-0.05, 0) is 13.5 Å². The molecule has 0 aliphatic carbocycles. The smallest absolute Gasteiger partial charge is 0.215 e. The molecule has 7 heteroatoms. The highest BCUT2D eigenvalue weighted by Crippen LogP contribution is 2.19. The highest BCUT2D eigenvalue weighted by molar-refractivity contribution is 7.88. The molecule has 0 amide bonds. The molecule has 0 aliphatic heterocycles. The van der Waals surface area contributed by atoms with Gasteiger partial charge in [0, 0.05) is 11.4 Å². The van der Waals surface area contributed by atoms with Crippen molar-refractivity contribution in [3.8, 4) is 0 Å². The number of sulfonamides is 1. The molecule has 1 aromatic heterocycles. The summed E-state index contributed by atoms with van der Waals surface area (Å²) in [6, 6.07) is 0. The van der Waals surface area contributed by atoms with Crippen molar-refractivity contribution in [1.82, 2.24) is 10.3 Å². The van der Waals surface area contributed by atoms with E-state index in [9.17, 15) is 8.42 Å². The van der Waals surface area contributed by atoms with Crippen molar-refractivity contribution in [1.29, 1.82) is 0 Å². The van der Waals surface area contributed by atoms with Gasteiger partial charge in [0.2, 0.25) is 10.0 Å². The van der Waals surface area contributed by atoms with E-state index in [0.717, 1.165) is 23.7 Å². The lowest BCUT2D eigenvalue weighted by Crippen LogP contribution is -2.14. The molecule has 0 aromatic carbocycles. The summed E-state index contributed by atoms with van der Waals surface area (Å²) in [5.74, 6) is -0.176. The highest BCUT2D eigenvalue weighted by Gasteiger charge is 2.12. The first-order chi connectivity index (χ1) is 6.92. The van der Waals surface area contributed by atoms with E-state index in [1.54, 1.807) is 0 Å². The molecule has 0 bridgehead atoms. The number of nitrogens with one attached hydrogen (secondary N) is 1. The van der Waals surface area contributed by atoms with Crippen LogP contribution in [0.5, 0.6) is 0 Å². The summed E-state index contributed by atoms with van der Waals surface area (Å²) in [6.45, 7) is 5.49. The van der Waals surface area contributed by atoms with E-state index in [1.807, 2.05) is 13.8 Å². The fourth-order valence-corrected chi connectivity index (χ4v) is 3.10. The topological polar surface area (TPSA) is 85.1 Å². The minimum atomic E-state index is -3.47. The van der Waals surface area contributed by atoms with Crippen LogP contribution in [0.15, 0.2) is 0 Å². The first-order valence-electron chi connectivity index (χ1n) is 4.58. The number of aryl methyl sites for hydroxylation is 1. The number of aromatic nitrogens is 1. The molecule has 0 fully saturated rings. The van der Waals surface area contributed by atoms with Crippen molar-refractivity contribution in [3.63, 3.8) is 0 Å². The molecule has 3 N–H and O–H groups in total. The number of primary sulfonamides is 1. The van der Waals surface area contributed by atoms with Crippen LogP contribution in [-0.2, 0) is 22.3 Å². The van der Waals surface area contributed by atoms with E-state index >= 15 is 0 Å². The summed E-state index contributed by atoms with van der Waals surface area (Å²) in [6.07, 6.45) is 0. The van der Waals surface area contributed by atoms with Crippen molar-refractivity contribution >= 4 is 21.4 Å². The third-order valence-corrected chi connectivity index (χ3v) is 3.81. The molecule has 86 valence electrons. The molecular weight excluding hydrogens is 234 g/mol. The third-order valence-electron chi connectivity index (χ3n) is 1.80. The maximum absolute atomic E-state index is 10.9. The van der Waals surface area contributed by atoms with E-state index in [2.05, 4.69) is 10.3 Å². The highest BCUT2D eigenvalue weighted by atomic mass is 32.2. The molecule has 1 heterocycles. The second-order valence-electron chi connectivity index (χ2n) is 3.20. The quantitative estimate of drug-likeness (QED) is 0.788. The predicted octanol–water partition coefficient (Wildman–Crippen LogP) is 0.350. The summed E-state index contributed by atoms with van der Waals surface area (Å²) in [5.41, 5.74) is 0.875. The van der Waals surface area contributed by atoms with Crippen LogP contribution in [0, 0.1) is 6.92 Å². The Morgan fingerprint density at radius 2 is 2.20 bits per heavy atom. The molecule has 1 rings (SSSR count). The Morgan fingerprint density at radius 1 is 1.53 bits per heavy atom. The normalized spacial score (nSPS) is 11.9. The van der Waals surface area contributed by atoms with E-state index in [4.69, 9.17) is 5.14 Å². The fraction of sp³-hybridized carbons (Fsp3) is 0.625. The average molecular weight is 249 g/mol. The van der Waals surface area contributed by atoms with Gasteiger partial charge in [0.25, 0.3) is 0 Å². The molecule has 0 spiro atoms. The van der Waals surface area contributed by atoms with Gasteiger partial charge in [-0.25, -0.2) is 18.5 Å². The molecule has 0 atom stereocenters. The Hall–Kier alpha value is -0.500.